The Hall–Kier alpha value is -3.36. The molecule has 1 unspecified atom stereocenters. The van der Waals surface area contributed by atoms with Crippen LogP contribution >= 0.6 is 0 Å². The Bertz CT molecular complexity index is 928. The van der Waals surface area contributed by atoms with Gasteiger partial charge in [0, 0.05) is 18.2 Å². The third-order valence-corrected chi connectivity index (χ3v) is 3.96. The summed E-state index contributed by atoms with van der Waals surface area (Å²) in [6.45, 7) is 1.70. The van der Waals surface area contributed by atoms with E-state index in [4.69, 9.17) is 10.5 Å². The van der Waals surface area contributed by atoms with Gasteiger partial charge in [-0.1, -0.05) is 6.92 Å². The number of nitrogens with two attached hydrogens (primary N) is 1. The van der Waals surface area contributed by atoms with Crippen molar-refractivity contribution in [2.75, 3.05) is 0 Å². The Morgan fingerprint density at radius 3 is 2.80 bits per heavy atom. The number of pyridine rings is 1. The molecule has 1 aliphatic rings. The molecule has 25 heavy (non-hydrogen) atoms. The topological polar surface area (TPSA) is 125 Å². The molecule has 1 atom stereocenters. The van der Waals surface area contributed by atoms with E-state index in [1.165, 1.54) is 6.07 Å². The number of carbonyl (C=O) groups is 2. The van der Waals surface area contributed by atoms with Crippen molar-refractivity contribution in [3.63, 3.8) is 0 Å². The summed E-state index contributed by atoms with van der Waals surface area (Å²) in [5.41, 5.74) is 4.28. The smallest absolute Gasteiger partial charge is 0.344 e. The standard InChI is InChI=1S/C16H12FN3O5/c1-7-6-10(21)13-11(3-2-9(17)12(7)13)25-16-14(20(23)24)8(15(18)22)4-5-19-16/h2-5,7H,6H2,1H3,(H2,18,22). The van der Waals surface area contributed by atoms with E-state index in [0.717, 1.165) is 18.3 Å². The number of carbonyl (C=O) groups excluding carboxylic acids is 2. The van der Waals surface area contributed by atoms with Gasteiger partial charge >= 0.3 is 11.6 Å². The van der Waals surface area contributed by atoms with Crippen molar-refractivity contribution in [3.8, 4) is 11.6 Å². The van der Waals surface area contributed by atoms with Crippen LogP contribution < -0.4 is 10.5 Å². The van der Waals surface area contributed by atoms with E-state index >= 15 is 0 Å². The van der Waals surface area contributed by atoms with Gasteiger partial charge in [-0.3, -0.25) is 19.7 Å². The van der Waals surface area contributed by atoms with Crippen molar-refractivity contribution in [1.29, 1.82) is 0 Å². The van der Waals surface area contributed by atoms with Gasteiger partial charge in [0.25, 0.3) is 5.91 Å². The summed E-state index contributed by atoms with van der Waals surface area (Å²) in [6, 6.07) is 3.41. The molecule has 3 rings (SSSR count). The molecule has 0 bridgehead atoms. The Morgan fingerprint density at radius 1 is 1.44 bits per heavy atom. The van der Waals surface area contributed by atoms with Gasteiger partial charge in [0.1, 0.15) is 17.1 Å². The number of nitro groups is 1. The minimum atomic E-state index is -1.02. The summed E-state index contributed by atoms with van der Waals surface area (Å²) >= 11 is 0. The first-order chi connectivity index (χ1) is 11.8. The number of rotatable bonds is 4. The van der Waals surface area contributed by atoms with Crippen LogP contribution in [0, 0.1) is 15.9 Å². The summed E-state index contributed by atoms with van der Waals surface area (Å²) in [6.07, 6.45) is 1.24. The van der Waals surface area contributed by atoms with Crippen LogP contribution in [0.3, 0.4) is 0 Å². The van der Waals surface area contributed by atoms with E-state index in [9.17, 15) is 24.1 Å². The summed E-state index contributed by atoms with van der Waals surface area (Å²) in [4.78, 5) is 37.7. The third-order valence-electron chi connectivity index (χ3n) is 3.96. The minimum absolute atomic E-state index is 0.0353. The van der Waals surface area contributed by atoms with Crippen molar-refractivity contribution >= 4 is 17.4 Å². The molecule has 1 aromatic heterocycles. The van der Waals surface area contributed by atoms with Crippen LogP contribution in [-0.4, -0.2) is 21.6 Å². The van der Waals surface area contributed by atoms with Crippen LogP contribution in [0.2, 0.25) is 0 Å². The minimum Gasteiger partial charge on any atom is -0.433 e. The van der Waals surface area contributed by atoms with E-state index in [1.807, 2.05) is 0 Å². The predicted octanol–water partition coefficient (Wildman–Crippen LogP) is 2.71. The lowest BCUT2D eigenvalue weighted by atomic mass is 10.0. The number of fused-ring (bicyclic) bond motifs is 1. The monoisotopic (exact) mass is 345 g/mol. The number of amides is 1. The second kappa shape index (κ2) is 5.93. The second-order valence-electron chi connectivity index (χ2n) is 5.60. The van der Waals surface area contributed by atoms with E-state index < -0.39 is 28.2 Å². The van der Waals surface area contributed by atoms with Crippen LogP contribution in [0.1, 0.15) is 45.5 Å². The maximum absolute atomic E-state index is 14.0. The van der Waals surface area contributed by atoms with Crippen molar-refractivity contribution in [2.45, 2.75) is 19.3 Å². The van der Waals surface area contributed by atoms with Gasteiger partial charge in [-0.2, -0.15) is 0 Å². The molecular weight excluding hydrogens is 333 g/mol. The van der Waals surface area contributed by atoms with Gasteiger partial charge in [-0.25, -0.2) is 9.37 Å². The number of ether oxygens (including phenoxy) is 1. The molecule has 0 spiro atoms. The molecule has 1 heterocycles. The van der Waals surface area contributed by atoms with Crippen molar-refractivity contribution in [2.24, 2.45) is 5.73 Å². The molecule has 1 amide bonds. The predicted molar refractivity (Wildman–Crippen MR) is 83.2 cm³/mol. The van der Waals surface area contributed by atoms with Gasteiger partial charge < -0.3 is 10.5 Å². The summed E-state index contributed by atoms with van der Waals surface area (Å²) in [5, 5.41) is 11.3. The van der Waals surface area contributed by atoms with E-state index in [2.05, 4.69) is 4.98 Å². The number of ketones is 1. The maximum atomic E-state index is 14.0. The van der Waals surface area contributed by atoms with Crippen molar-refractivity contribution in [1.82, 2.24) is 4.98 Å². The van der Waals surface area contributed by atoms with Crippen LogP contribution in [0.25, 0.3) is 0 Å². The van der Waals surface area contributed by atoms with Gasteiger partial charge in [-0.05, 0) is 24.1 Å². The highest BCUT2D eigenvalue weighted by atomic mass is 19.1. The molecule has 128 valence electrons. The summed E-state index contributed by atoms with van der Waals surface area (Å²) < 4.78 is 19.4. The highest BCUT2D eigenvalue weighted by Gasteiger charge is 2.34. The molecule has 0 radical (unpaired) electrons. The lowest BCUT2D eigenvalue weighted by Crippen LogP contribution is -2.14. The van der Waals surface area contributed by atoms with Crippen LogP contribution in [0.15, 0.2) is 24.4 Å². The number of Topliss-reactive ketones (excluding diaryl/α,β-unsaturated/α-hetero) is 1. The van der Waals surface area contributed by atoms with Crippen LogP contribution in [0.4, 0.5) is 10.1 Å². The number of aromatic nitrogens is 1. The number of benzene rings is 1. The number of hydrogen-bond acceptors (Lipinski definition) is 6. The molecule has 0 saturated carbocycles. The summed E-state index contributed by atoms with van der Waals surface area (Å²) in [7, 11) is 0. The largest absolute Gasteiger partial charge is 0.433 e. The molecule has 0 aliphatic heterocycles. The average molecular weight is 345 g/mol. The van der Waals surface area contributed by atoms with Crippen molar-refractivity contribution < 1.29 is 23.6 Å². The fourth-order valence-electron chi connectivity index (χ4n) is 2.90. The molecule has 2 aromatic rings. The lowest BCUT2D eigenvalue weighted by molar-refractivity contribution is -0.386. The zero-order valence-corrected chi connectivity index (χ0v) is 13.0. The lowest BCUT2D eigenvalue weighted by Gasteiger charge is -2.11. The van der Waals surface area contributed by atoms with Gasteiger partial charge in [0.15, 0.2) is 5.78 Å². The Kier molecular flexibility index (Phi) is 3.91. The van der Waals surface area contributed by atoms with Crippen LogP contribution in [-0.2, 0) is 0 Å². The average Bonchev–Trinajstić information content (AvgIpc) is 2.85. The summed E-state index contributed by atoms with van der Waals surface area (Å²) in [5.74, 6) is -2.77. The van der Waals surface area contributed by atoms with Gasteiger partial charge in [0.2, 0.25) is 0 Å². The van der Waals surface area contributed by atoms with Gasteiger partial charge in [-0.15, -0.1) is 0 Å². The highest BCUT2D eigenvalue weighted by Crippen LogP contribution is 2.42. The molecule has 2 N–H and O–H groups in total. The fraction of sp³-hybridized carbons (Fsp3) is 0.188. The first-order valence-electron chi connectivity index (χ1n) is 7.28. The fourth-order valence-corrected chi connectivity index (χ4v) is 2.90. The molecule has 0 fully saturated rings. The maximum Gasteiger partial charge on any atom is 0.344 e. The quantitative estimate of drug-likeness (QED) is 0.671. The van der Waals surface area contributed by atoms with E-state index in [0.29, 0.717) is 0 Å². The number of primary amides is 1. The van der Waals surface area contributed by atoms with Gasteiger partial charge in [0.05, 0.1) is 10.5 Å². The van der Waals surface area contributed by atoms with E-state index in [1.54, 1.807) is 6.92 Å². The van der Waals surface area contributed by atoms with Crippen molar-refractivity contribution in [3.05, 3.63) is 57.0 Å². The second-order valence-corrected chi connectivity index (χ2v) is 5.60. The normalized spacial score (nSPS) is 15.8. The SMILES string of the molecule is CC1CC(=O)c2c(Oc3nccc(C(N)=O)c3[N+](=O)[O-])ccc(F)c21. The Labute approximate surface area is 140 Å². The Morgan fingerprint density at radius 2 is 2.16 bits per heavy atom. The van der Waals surface area contributed by atoms with Crippen LogP contribution in [0.5, 0.6) is 11.6 Å². The molecule has 1 aliphatic carbocycles. The molecule has 1 aromatic carbocycles. The molecule has 0 saturated heterocycles. The molecule has 8 nitrogen and oxygen atoms in total. The first kappa shape index (κ1) is 16.5. The number of hydrogen-bond donors (Lipinski definition) is 1. The first-order valence-corrected chi connectivity index (χ1v) is 7.28. The number of nitrogens with zero attached hydrogens (tertiary/aromatic N) is 2. The van der Waals surface area contributed by atoms with E-state index in [-0.39, 0.29) is 40.6 Å². The third kappa shape index (κ3) is 2.69. The number of halogens is 1. The highest BCUT2D eigenvalue weighted by molar-refractivity contribution is 6.04. The molecule has 9 heteroatoms. The zero-order valence-electron chi connectivity index (χ0n) is 13.0. The Balaban J connectivity index is 2.15. The molecular formula is C16H12FN3O5. The zero-order chi connectivity index (χ0) is 18.3.